The lowest BCUT2D eigenvalue weighted by atomic mass is 10.0. The number of nitrogens with zero attached hydrogens (tertiary/aromatic N) is 3. The number of hydrogen-bond donors (Lipinski definition) is 2. The Balaban J connectivity index is 1.48. The smallest absolute Gasteiger partial charge is 0.191 e. The Morgan fingerprint density at radius 3 is 2.74 bits per heavy atom. The molecule has 3 rings (SSSR count). The van der Waals surface area contributed by atoms with E-state index in [4.69, 9.17) is 27.7 Å². The van der Waals surface area contributed by atoms with E-state index >= 15 is 0 Å². The van der Waals surface area contributed by atoms with E-state index in [0.29, 0.717) is 22.6 Å². The van der Waals surface area contributed by atoms with Crippen LogP contribution in [-0.2, 0) is 13.1 Å². The fourth-order valence-corrected chi connectivity index (χ4v) is 3.44. The normalized spacial score (nSPS) is 16.5. The highest BCUT2D eigenvalue weighted by Crippen LogP contribution is 2.24. The highest BCUT2D eigenvalue weighted by Gasteiger charge is 2.20. The van der Waals surface area contributed by atoms with Gasteiger partial charge in [-0.05, 0) is 37.5 Å². The van der Waals surface area contributed by atoms with Gasteiger partial charge in [-0.1, -0.05) is 34.4 Å². The molecule has 146 valence electrons. The highest BCUT2D eigenvalue weighted by molar-refractivity contribution is 6.42. The van der Waals surface area contributed by atoms with Crippen LogP contribution in [0.4, 0.5) is 0 Å². The van der Waals surface area contributed by atoms with Crippen LogP contribution in [0.5, 0.6) is 0 Å². The van der Waals surface area contributed by atoms with Crippen molar-refractivity contribution in [3.05, 3.63) is 51.8 Å². The molecule has 0 unspecified atom stereocenters. The van der Waals surface area contributed by atoms with E-state index in [9.17, 15) is 0 Å². The number of guanidine groups is 1. The van der Waals surface area contributed by atoms with Crippen LogP contribution in [-0.4, -0.2) is 41.7 Å². The van der Waals surface area contributed by atoms with Crippen molar-refractivity contribution in [2.75, 3.05) is 19.6 Å². The van der Waals surface area contributed by atoms with Crippen molar-refractivity contribution >= 4 is 29.2 Å². The number of aromatic nitrogens is 1. The minimum absolute atomic E-state index is 0.408. The van der Waals surface area contributed by atoms with Crippen LogP contribution in [0.1, 0.15) is 31.0 Å². The molecule has 1 fully saturated rings. The van der Waals surface area contributed by atoms with Crippen LogP contribution in [0, 0.1) is 0 Å². The zero-order chi connectivity index (χ0) is 19.1. The molecule has 0 aliphatic carbocycles. The minimum Gasteiger partial charge on any atom is -0.364 e. The van der Waals surface area contributed by atoms with Gasteiger partial charge >= 0.3 is 0 Å². The molecule has 8 heteroatoms. The van der Waals surface area contributed by atoms with Crippen molar-refractivity contribution in [3.63, 3.8) is 0 Å². The summed E-state index contributed by atoms with van der Waals surface area (Å²) in [6.45, 7) is 6.33. The number of rotatable bonds is 6. The van der Waals surface area contributed by atoms with Gasteiger partial charge in [0.1, 0.15) is 12.0 Å². The van der Waals surface area contributed by atoms with E-state index in [2.05, 4.69) is 32.6 Å². The molecule has 1 saturated heterocycles. The Kier molecular flexibility index (Phi) is 7.38. The first-order valence-corrected chi connectivity index (χ1v) is 10.00. The summed E-state index contributed by atoms with van der Waals surface area (Å²) in [7, 11) is 0. The zero-order valence-corrected chi connectivity index (χ0v) is 16.9. The van der Waals surface area contributed by atoms with Crippen molar-refractivity contribution in [2.24, 2.45) is 4.99 Å². The Bertz CT molecular complexity index is 743. The first-order valence-electron chi connectivity index (χ1n) is 9.24. The Hall–Kier alpha value is -1.76. The van der Waals surface area contributed by atoms with E-state index in [-0.39, 0.29) is 0 Å². The summed E-state index contributed by atoms with van der Waals surface area (Å²) in [5.74, 6) is 0.823. The molecule has 0 bridgehead atoms. The number of piperidine rings is 1. The second-order valence-electron chi connectivity index (χ2n) is 6.63. The number of benzene rings is 1. The van der Waals surface area contributed by atoms with Gasteiger partial charge in [0.05, 0.1) is 16.6 Å². The monoisotopic (exact) mass is 409 g/mol. The van der Waals surface area contributed by atoms with E-state index in [1.165, 1.54) is 5.56 Å². The summed E-state index contributed by atoms with van der Waals surface area (Å²) in [6.07, 6.45) is 3.69. The predicted molar refractivity (Wildman–Crippen MR) is 109 cm³/mol. The van der Waals surface area contributed by atoms with Crippen LogP contribution < -0.4 is 10.6 Å². The first kappa shape index (κ1) is 20.0. The van der Waals surface area contributed by atoms with E-state index in [1.807, 2.05) is 24.3 Å². The van der Waals surface area contributed by atoms with Crippen molar-refractivity contribution in [2.45, 2.75) is 38.9 Å². The molecule has 2 N–H and O–H groups in total. The number of likely N-dealkylation sites (tertiary alicyclic amines) is 1. The molecular weight excluding hydrogens is 385 g/mol. The van der Waals surface area contributed by atoms with Gasteiger partial charge in [-0.3, -0.25) is 4.90 Å². The third kappa shape index (κ3) is 6.13. The maximum atomic E-state index is 6.12. The average Bonchev–Trinajstić information content (AvgIpc) is 3.18. The third-order valence-electron chi connectivity index (χ3n) is 4.55. The van der Waals surface area contributed by atoms with Crippen molar-refractivity contribution in [1.29, 1.82) is 0 Å². The summed E-state index contributed by atoms with van der Waals surface area (Å²) in [5.41, 5.74) is 2.02. The quantitative estimate of drug-likeness (QED) is 0.562. The van der Waals surface area contributed by atoms with Gasteiger partial charge in [0.15, 0.2) is 5.96 Å². The van der Waals surface area contributed by atoms with Gasteiger partial charge in [0, 0.05) is 38.3 Å². The lowest BCUT2D eigenvalue weighted by molar-refractivity contribution is 0.198. The standard InChI is InChI=1S/C19H25Cl2N5O/c1-2-22-19(23-12-16-7-10-27-25-16)24-15-5-8-26(9-6-15)13-14-3-4-17(20)18(21)11-14/h3-4,7,10-11,15H,2,5-6,8-9,12-13H2,1H3,(H2,22,23,24). The van der Waals surface area contributed by atoms with Crippen molar-refractivity contribution in [1.82, 2.24) is 20.7 Å². The van der Waals surface area contributed by atoms with Gasteiger partial charge in [-0.15, -0.1) is 0 Å². The van der Waals surface area contributed by atoms with Gasteiger partial charge in [0.25, 0.3) is 0 Å². The molecule has 0 radical (unpaired) electrons. The largest absolute Gasteiger partial charge is 0.364 e. The third-order valence-corrected chi connectivity index (χ3v) is 5.29. The lowest BCUT2D eigenvalue weighted by Crippen LogP contribution is -2.48. The zero-order valence-electron chi connectivity index (χ0n) is 15.4. The molecule has 2 heterocycles. The van der Waals surface area contributed by atoms with Crippen LogP contribution in [0.3, 0.4) is 0 Å². The van der Waals surface area contributed by atoms with Gasteiger partial charge in [-0.25, -0.2) is 4.99 Å². The summed E-state index contributed by atoms with van der Waals surface area (Å²) < 4.78 is 4.85. The second-order valence-corrected chi connectivity index (χ2v) is 7.44. The summed E-state index contributed by atoms with van der Waals surface area (Å²) in [5, 5.41) is 11.9. The van der Waals surface area contributed by atoms with Crippen LogP contribution in [0.15, 0.2) is 40.0 Å². The Morgan fingerprint density at radius 2 is 2.07 bits per heavy atom. The molecule has 27 heavy (non-hydrogen) atoms. The molecule has 1 aromatic carbocycles. The highest BCUT2D eigenvalue weighted by atomic mass is 35.5. The number of nitrogens with one attached hydrogen (secondary N) is 2. The molecule has 1 aliphatic heterocycles. The molecular formula is C19H25Cl2N5O. The van der Waals surface area contributed by atoms with Crippen molar-refractivity contribution in [3.8, 4) is 0 Å². The molecule has 0 spiro atoms. The molecule has 1 aliphatic rings. The van der Waals surface area contributed by atoms with E-state index in [1.54, 1.807) is 6.26 Å². The molecule has 0 amide bonds. The number of hydrogen-bond acceptors (Lipinski definition) is 4. The summed E-state index contributed by atoms with van der Waals surface area (Å²) >= 11 is 12.1. The van der Waals surface area contributed by atoms with Crippen molar-refractivity contribution < 1.29 is 4.52 Å². The molecule has 0 saturated carbocycles. The maximum Gasteiger partial charge on any atom is 0.191 e. The maximum absolute atomic E-state index is 6.12. The van der Waals surface area contributed by atoms with Crippen LogP contribution >= 0.6 is 23.2 Å². The van der Waals surface area contributed by atoms with Crippen LogP contribution in [0.2, 0.25) is 10.0 Å². The minimum atomic E-state index is 0.408. The van der Waals surface area contributed by atoms with E-state index < -0.39 is 0 Å². The Morgan fingerprint density at radius 1 is 1.26 bits per heavy atom. The molecule has 6 nitrogen and oxygen atoms in total. The topological polar surface area (TPSA) is 65.7 Å². The lowest BCUT2D eigenvalue weighted by Gasteiger charge is -2.33. The predicted octanol–water partition coefficient (Wildman–Crippen LogP) is 3.70. The fourth-order valence-electron chi connectivity index (χ4n) is 3.12. The SMILES string of the molecule is CCNC(=NCc1ccon1)NC1CCN(Cc2ccc(Cl)c(Cl)c2)CC1. The fraction of sp³-hybridized carbons (Fsp3) is 0.474. The van der Waals surface area contributed by atoms with Crippen LogP contribution in [0.25, 0.3) is 0 Å². The van der Waals surface area contributed by atoms with E-state index in [0.717, 1.165) is 50.7 Å². The van der Waals surface area contributed by atoms with Gasteiger partial charge < -0.3 is 15.2 Å². The summed E-state index contributed by atoms with van der Waals surface area (Å²) in [4.78, 5) is 7.03. The molecule has 2 aromatic rings. The number of halogens is 2. The molecule has 1 aromatic heterocycles. The second kappa shape index (κ2) is 9.97. The Labute approximate surface area is 169 Å². The average molecular weight is 410 g/mol. The number of aliphatic imine (C=N–C) groups is 1. The van der Waals surface area contributed by atoms with Gasteiger partial charge in [0.2, 0.25) is 0 Å². The van der Waals surface area contributed by atoms with Gasteiger partial charge in [-0.2, -0.15) is 0 Å². The first-order chi connectivity index (χ1) is 13.1. The summed E-state index contributed by atoms with van der Waals surface area (Å²) in [6, 6.07) is 8.09. The molecule has 0 atom stereocenters.